The van der Waals surface area contributed by atoms with Gasteiger partial charge in [-0.1, -0.05) is 59.9 Å². The molecule has 3 heterocycles. The van der Waals surface area contributed by atoms with E-state index in [2.05, 4.69) is 16.7 Å². The van der Waals surface area contributed by atoms with E-state index >= 15 is 0 Å². The summed E-state index contributed by atoms with van der Waals surface area (Å²) < 4.78 is 21.0. The van der Waals surface area contributed by atoms with Crippen LogP contribution < -0.4 is 24.4 Å². The summed E-state index contributed by atoms with van der Waals surface area (Å²) in [4.78, 5) is 33.6. The molecule has 2 aromatic heterocycles. The van der Waals surface area contributed by atoms with Crippen molar-refractivity contribution in [1.82, 2.24) is 9.13 Å². The predicted molar refractivity (Wildman–Crippen MR) is 168 cm³/mol. The van der Waals surface area contributed by atoms with E-state index in [9.17, 15) is 9.59 Å². The first-order valence-electron chi connectivity index (χ1n) is 13.9. The summed E-state index contributed by atoms with van der Waals surface area (Å²) in [5.41, 5.74) is 4.90. The normalized spacial score (nSPS) is 14.9. The summed E-state index contributed by atoms with van der Waals surface area (Å²) in [5.74, 6) is 0.511. The van der Waals surface area contributed by atoms with E-state index in [1.54, 1.807) is 37.8 Å². The van der Waals surface area contributed by atoms with Crippen LogP contribution in [0.2, 0.25) is 0 Å². The standard InChI is InChI=1S/C34H31N3O5S/c1-6-42-33(39)29-30(21-12-8-7-9-13-21)35-34-37(31(29)24-17-16-22(40-4)18-27(24)41-5)32(38)28(43-34)19-25-20(2)36(3)26-15-11-10-14-23(25)26/h7-19,31H,6H2,1-5H3/b28-19-/t31-/m0/s1. The van der Waals surface area contributed by atoms with Crippen LogP contribution in [0.25, 0.3) is 22.7 Å². The third kappa shape index (κ3) is 4.75. The number of rotatable bonds is 7. The van der Waals surface area contributed by atoms with Gasteiger partial charge in [0.1, 0.15) is 17.5 Å². The Bertz CT molecular complexity index is 2090. The van der Waals surface area contributed by atoms with E-state index in [4.69, 9.17) is 19.2 Å². The van der Waals surface area contributed by atoms with Crippen LogP contribution in [0.5, 0.6) is 11.5 Å². The maximum absolute atomic E-state index is 14.4. The molecule has 5 aromatic rings. The van der Waals surface area contributed by atoms with Gasteiger partial charge in [-0.2, -0.15) is 0 Å². The van der Waals surface area contributed by atoms with Crippen molar-refractivity contribution in [2.24, 2.45) is 12.0 Å². The average Bonchev–Trinajstić information content (AvgIpc) is 3.48. The molecule has 1 atom stereocenters. The van der Waals surface area contributed by atoms with E-state index in [-0.39, 0.29) is 17.7 Å². The van der Waals surface area contributed by atoms with E-state index in [0.717, 1.165) is 27.7 Å². The number of aryl methyl sites for hydroxylation is 1. The summed E-state index contributed by atoms with van der Waals surface area (Å²) >= 11 is 1.30. The molecule has 3 aromatic carbocycles. The van der Waals surface area contributed by atoms with Crippen LogP contribution in [0.1, 0.15) is 35.3 Å². The lowest BCUT2D eigenvalue weighted by Gasteiger charge is -2.27. The van der Waals surface area contributed by atoms with Gasteiger partial charge >= 0.3 is 5.97 Å². The van der Waals surface area contributed by atoms with Gasteiger partial charge in [-0.25, -0.2) is 9.79 Å². The largest absolute Gasteiger partial charge is 0.497 e. The molecule has 0 saturated heterocycles. The van der Waals surface area contributed by atoms with Crippen LogP contribution in [0.3, 0.4) is 0 Å². The molecule has 0 radical (unpaired) electrons. The van der Waals surface area contributed by atoms with Gasteiger partial charge in [0, 0.05) is 46.4 Å². The number of esters is 1. The maximum atomic E-state index is 14.4. The Labute approximate surface area is 252 Å². The average molecular weight is 594 g/mol. The van der Waals surface area contributed by atoms with Crippen molar-refractivity contribution in [3.05, 3.63) is 120 Å². The number of methoxy groups -OCH3 is 2. The highest BCUT2D eigenvalue weighted by atomic mass is 32.1. The third-order valence-electron chi connectivity index (χ3n) is 7.83. The number of hydrogen-bond donors (Lipinski definition) is 0. The first-order valence-corrected chi connectivity index (χ1v) is 14.7. The number of hydrogen-bond acceptors (Lipinski definition) is 7. The van der Waals surface area contributed by atoms with Crippen molar-refractivity contribution in [2.75, 3.05) is 20.8 Å². The summed E-state index contributed by atoms with van der Waals surface area (Å²) in [6.07, 6.45) is 1.93. The van der Waals surface area contributed by atoms with Crippen molar-refractivity contribution in [1.29, 1.82) is 0 Å². The summed E-state index contributed by atoms with van der Waals surface area (Å²) in [6.45, 7) is 3.97. The first-order chi connectivity index (χ1) is 20.9. The highest BCUT2D eigenvalue weighted by molar-refractivity contribution is 7.07. The van der Waals surface area contributed by atoms with Crippen LogP contribution in [0.15, 0.2) is 88.2 Å². The monoisotopic (exact) mass is 593 g/mol. The fraction of sp³-hybridized carbons (Fsp3) is 0.206. The molecular weight excluding hydrogens is 562 g/mol. The van der Waals surface area contributed by atoms with Gasteiger partial charge in [0.05, 0.1) is 36.6 Å². The second-order valence-corrected chi connectivity index (χ2v) is 11.1. The Balaban J connectivity index is 1.70. The highest BCUT2D eigenvalue weighted by Gasteiger charge is 2.37. The van der Waals surface area contributed by atoms with Crippen molar-refractivity contribution in [2.45, 2.75) is 19.9 Å². The molecule has 0 saturated carbocycles. The minimum absolute atomic E-state index is 0.168. The first kappa shape index (κ1) is 28.2. The molecule has 0 N–H and O–H groups in total. The molecule has 0 amide bonds. The number of carbonyl (C=O) groups is 1. The molecule has 0 unspecified atom stereocenters. The summed E-state index contributed by atoms with van der Waals surface area (Å²) in [5, 5.41) is 1.05. The number of nitrogens with zero attached hydrogens (tertiary/aromatic N) is 3. The van der Waals surface area contributed by atoms with Gasteiger partial charge in [0.25, 0.3) is 5.56 Å². The lowest BCUT2D eigenvalue weighted by atomic mass is 9.92. The van der Waals surface area contributed by atoms with Crippen molar-refractivity contribution in [3.63, 3.8) is 0 Å². The number of fused-ring (bicyclic) bond motifs is 2. The van der Waals surface area contributed by atoms with E-state index < -0.39 is 12.0 Å². The minimum Gasteiger partial charge on any atom is -0.497 e. The molecule has 6 rings (SSSR count). The summed E-state index contributed by atoms with van der Waals surface area (Å²) in [7, 11) is 5.14. The molecule has 0 aliphatic carbocycles. The van der Waals surface area contributed by atoms with E-state index in [0.29, 0.717) is 32.1 Å². The predicted octanol–water partition coefficient (Wildman–Crippen LogP) is 4.75. The molecule has 43 heavy (non-hydrogen) atoms. The zero-order valence-electron chi connectivity index (χ0n) is 24.6. The maximum Gasteiger partial charge on any atom is 0.338 e. The van der Waals surface area contributed by atoms with Crippen LogP contribution >= 0.6 is 11.3 Å². The second kappa shape index (κ2) is 11.4. The van der Waals surface area contributed by atoms with E-state index in [1.807, 2.05) is 68.6 Å². The molecule has 0 spiro atoms. The van der Waals surface area contributed by atoms with Crippen LogP contribution in [-0.2, 0) is 16.6 Å². The molecule has 1 aliphatic rings. The number of ether oxygens (including phenoxy) is 3. The quantitative estimate of drug-likeness (QED) is 0.254. The Morgan fingerprint density at radius 1 is 1.02 bits per heavy atom. The molecule has 218 valence electrons. The lowest BCUT2D eigenvalue weighted by Crippen LogP contribution is -2.40. The number of thiazole rings is 1. The number of para-hydroxylation sites is 1. The number of benzene rings is 3. The molecule has 9 heteroatoms. The summed E-state index contributed by atoms with van der Waals surface area (Å²) in [6, 6.07) is 22.1. The molecule has 0 fully saturated rings. The minimum atomic E-state index is -0.859. The fourth-order valence-electron chi connectivity index (χ4n) is 5.64. The Morgan fingerprint density at radius 2 is 1.77 bits per heavy atom. The van der Waals surface area contributed by atoms with Crippen molar-refractivity contribution in [3.8, 4) is 11.5 Å². The van der Waals surface area contributed by atoms with Gasteiger partial charge in [-0.05, 0) is 38.1 Å². The zero-order chi connectivity index (χ0) is 30.2. The smallest absolute Gasteiger partial charge is 0.338 e. The third-order valence-corrected chi connectivity index (χ3v) is 8.82. The molecule has 1 aliphatic heterocycles. The topological polar surface area (TPSA) is 84.1 Å². The van der Waals surface area contributed by atoms with Crippen LogP contribution in [-0.4, -0.2) is 35.9 Å². The Morgan fingerprint density at radius 3 is 2.49 bits per heavy atom. The lowest BCUT2D eigenvalue weighted by molar-refractivity contribution is -0.138. The molecule has 0 bridgehead atoms. The SMILES string of the molecule is CCOC(=O)C1=C(c2ccccc2)N=c2s/c(=C\c3c(C)n(C)c4ccccc34)c(=O)n2[C@H]1c1ccc(OC)cc1OC. The Hall–Kier alpha value is -4.89. The van der Waals surface area contributed by atoms with Gasteiger partial charge in [-0.15, -0.1) is 0 Å². The number of carbonyl (C=O) groups excluding carboxylic acids is 1. The van der Waals surface area contributed by atoms with Gasteiger partial charge in [0.15, 0.2) is 4.80 Å². The van der Waals surface area contributed by atoms with Crippen molar-refractivity contribution < 1.29 is 19.0 Å². The van der Waals surface area contributed by atoms with Crippen LogP contribution in [0.4, 0.5) is 0 Å². The zero-order valence-corrected chi connectivity index (χ0v) is 25.4. The highest BCUT2D eigenvalue weighted by Crippen LogP contribution is 2.40. The molecule has 8 nitrogen and oxygen atoms in total. The van der Waals surface area contributed by atoms with Crippen LogP contribution in [0, 0.1) is 6.92 Å². The van der Waals surface area contributed by atoms with Gasteiger partial charge in [0.2, 0.25) is 0 Å². The van der Waals surface area contributed by atoms with Crippen molar-refractivity contribution >= 4 is 40.0 Å². The number of aromatic nitrogens is 2. The fourth-order valence-corrected chi connectivity index (χ4v) is 6.63. The second-order valence-electron chi connectivity index (χ2n) is 10.1. The Kier molecular flexibility index (Phi) is 7.50. The van der Waals surface area contributed by atoms with Gasteiger partial charge < -0.3 is 18.8 Å². The molecular formula is C34H31N3O5S. The van der Waals surface area contributed by atoms with Gasteiger partial charge in [-0.3, -0.25) is 9.36 Å². The van der Waals surface area contributed by atoms with E-state index in [1.165, 1.54) is 11.3 Å².